The molecule has 0 N–H and O–H groups in total. The zero-order valence-electron chi connectivity index (χ0n) is 8.00. The van der Waals surface area contributed by atoms with E-state index in [4.69, 9.17) is 9.47 Å². The molecular weight excluding hydrogens is 184 g/mol. The molecule has 2 heterocycles. The zero-order chi connectivity index (χ0) is 9.31. The van der Waals surface area contributed by atoms with Gasteiger partial charge in [-0.1, -0.05) is 6.92 Å². The van der Waals surface area contributed by atoms with E-state index in [2.05, 4.69) is 25.3 Å². The fourth-order valence-corrected chi connectivity index (χ4v) is 2.82. The number of hydrogen-bond acceptors (Lipinski definition) is 3. The van der Waals surface area contributed by atoms with Crippen molar-refractivity contribution in [1.29, 1.82) is 0 Å². The Balaban J connectivity index is 2.36. The highest BCUT2D eigenvalue weighted by Crippen LogP contribution is 2.39. The minimum absolute atomic E-state index is 0.432. The first-order chi connectivity index (χ1) is 6.28. The summed E-state index contributed by atoms with van der Waals surface area (Å²) in [6.45, 7) is 5.63. The number of aryl methyl sites for hydroxylation is 1. The van der Waals surface area contributed by atoms with Crippen molar-refractivity contribution >= 4 is 11.3 Å². The number of hydrogen-bond donors (Lipinski definition) is 0. The summed E-state index contributed by atoms with van der Waals surface area (Å²) >= 11 is 1.72. The summed E-state index contributed by atoms with van der Waals surface area (Å²) in [5.41, 5.74) is 1.27. The maximum atomic E-state index is 5.70. The highest BCUT2D eigenvalue weighted by atomic mass is 32.1. The lowest BCUT2D eigenvalue weighted by Gasteiger charge is -2.25. The predicted molar refractivity (Wildman–Crippen MR) is 52.9 cm³/mol. The van der Waals surface area contributed by atoms with Gasteiger partial charge < -0.3 is 9.47 Å². The van der Waals surface area contributed by atoms with Gasteiger partial charge >= 0.3 is 0 Å². The molecule has 1 fully saturated rings. The lowest BCUT2D eigenvalue weighted by atomic mass is 10.1. The van der Waals surface area contributed by atoms with E-state index in [1.165, 1.54) is 10.4 Å². The molecule has 1 aliphatic rings. The predicted octanol–water partition coefficient (Wildman–Crippen LogP) is 2.67. The van der Waals surface area contributed by atoms with Crippen LogP contribution in [-0.2, 0) is 15.3 Å². The van der Waals surface area contributed by atoms with Gasteiger partial charge in [-0.2, -0.15) is 0 Å². The number of thiophene rings is 1. The monoisotopic (exact) mass is 198 g/mol. The first-order valence-corrected chi connectivity index (χ1v) is 5.49. The second-order valence-corrected chi connectivity index (χ2v) is 4.15. The van der Waals surface area contributed by atoms with E-state index in [-0.39, 0.29) is 0 Å². The van der Waals surface area contributed by atoms with Crippen LogP contribution in [0.2, 0.25) is 0 Å². The van der Waals surface area contributed by atoms with Gasteiger partial charge in [0.2, 0.25) is 5.79 Å². The molecule has 2 rings (SSSR count). The fraction of sp³-hybridized carbons (Fsp3) is 0.600. The Morgan fingerprint density at radius 1 is 1.46 bits per heavy atom. The van der Waals surface area contributed by atoms with E-state index < -0.39 is 5.79 Å². The SMILES string of the molecule is CCC1(c2sccc2C)OCCO1. The van der Waals surface area contributed by atoms with Gasteiger partial charge in [-0.3, -0.25) is 0 Å². The zero-order valence-corrected chi connectivity index (χ0v) is 8.82. The highest BCUT2D eigenvalue weighted by Gasteiger charge is 2.38. The summed E-state index contributed by atoms with van der Waals surface area (Å²) in [5, 5.41) is 2.09. The van der Waals surface area contributed by atoms with Crippen LogP contribution in [0.25, 0.3) is 0 Å². The van der Waals surface area contributed by atoms with Crippen LogP contribution in [0.5, 0.6) is 0 Å². The molecule has 0 radical (unpaired) electrons. The van der Waals surface area contributed by atoms with Gasteiger partial charge in [0.1, 0.15) is 0 Å². The van der Waals surface area contributed by atoms with Crippen molar-refractivity contribution in [3.63, 3.8) is 0 Å². The summed E-state index contributed by atoms with van der Waals surface area (Å²) in [4.78, 5) is 1.23. The first kappa shape index (κ1) is 9.19. The van der Waals surface area contributed by atoms with Crippen LogP contribution in [0.4, 0.5) is 0 Å². The van der Waals surface area contributed by atoms with Crippen molar-refractivity contribution in [2.45, 2.75) is 26.1 Å². The van der Waals surface area contributed by atoms with Crippen molar-refractivity contribution in [2.75, 3.05) is 13.2 Å². The maximum absolute atomic E-state index is 5.70. The summed E-state index contributed by atoms with van der Waals surface area (Å²) in [6, 6.07) is 2.11. The van der Waals surface area contributed by atoms with Crippen LogP contribution in [0.15, 0.2) is 11.4 Å². The molecule has 3 heteroatoms. The topological polar surface area (TPSA) is 18.5 Å². The minimum atomic E-state index is -0.432. The van der Waals surface area contributed by atoms with E-state index in [9.17, 15) is 0 Å². The van der Waals surface area contributed by atoms with Gasteiger partial charge in [-0.25, -0.2) is 0 Å². The number of rotatable bonds is 2. The molecule has 0 aromatic carbocycles. The van der Waals surface area contributed by atoms with E-state index in [1.807, 2.05) is 0 Å². The molecule has 1 aromatic heterocycles. The molecule has 0 bridgehead atoms. The van der Waals surface area contributed by atoms with Crippen molar-refractivity contribution in [1.82, 2.24) is 0 Å². The Labute approximate surface area is 82.5 Å². The molecule has 0 amide bonds. The van der Waals surface area contributed by atoms with Crippen LogP contribution in [-0.4, -0.2) is 13.2 Å². The van der Waals surface area contributed by atoms with Gasteiger partial charge in [-0.05, 0) is 23.9 Å². The van der Waals surface area contributed by atoms with Crippen molar-refractivity contribution in [3.8, 4) is 0 Å². The Hall–Kier alpha value is -0.380. The lowest BCUT2D eigenvalue weighted by Crippen LogP contribution is -2.25. The summed E-state index contributed by atoms with van der Waals surface area (Å²) in [7, 11) is 0. The third-order valence-electron chi connectivity index (χ3n) is 2.43. The summed E-state index contributed by atoms with van der Waals surface area (Å²) in [5.74, 6) is -0.432. The maximum Gasteiger partial charge on any atom is 0.204 e. The van der Waals surface area contributed by atoms with Crippen LogP contribution >= 0.6 is 11.3 Å². The molecule has 0 saturated carbocycles. The first-order valence-electron chi connectivity index (χ1n) is 4.61. The highest BCUT2D eigenvalue weighted by molar-refractivity contribution is 7.10. The Kier molecular flexibility index (Phi) is 2.41. The largest absolute Gasteiger partial charge is 0.343 e. The summed E-state index contributed by atoms with van der Waals surface area (Å²) in [6.07, 6.45) is 0.883. The lowest BCUT2D eigenvalue weighted by molar-refractivity contribution is -0.165. The van der Waals surface area contributed by atoms with Crippen LogP contribution in [0, 0.1) is 6.92 Å². The van der Waals surface area contributed by atoms with E-state index in [0.29, 0.717) is 13.2 Å². The van der Waals surface area contributed by atoms with Crippen LogP contribution in [0.3, 0.4) is 0 Å². The molecule has 0 spiro atoms. The average molecular weight is 198 g/mol. The van der Waals surface area contributed by atoms with E-state index in [1.54, 1.807) is 11.3 Å². The van der Waals surface area contributed by atoms with Gasteiger partial charge in [0.15, 0.2) is 0 Å². The molecular formula is C10H14O2S. The van der Waals surface area contributed by atoms with Gasteiger partial charge in [-0.15, -0.1) is 11.3 Å². The molecule has 2 nitrogen and oxygen atoms in total. The van der Waals surface area contributed by atoms with Crippen LogP contribution < -0.4 is 0 Å². The molecule has 1 aromatic rings. The fourth-order valence-electron chi connectivity index (χ4n) is 1.71. The Bertz CT molecular complexity index is 287. The molecule has 0 atom stereocenters. The van der Waals surface area contributed by atoms with Crippen molar-refractivity contribution in [2.24, 2.45) is 0 Å². The second kappa shape index (κ2) is 3.40. The smallest absolute Gasteiger partial charge is 0.204 e. The van der Waals surface area contributed by atoms with E-state index in [0.717, 1.165) is 6.42 Å². The minimum Gasteiger partial charge on any atom is -0.343 e. The van der Waals surface area contributed by atoms with Crippen molar-refractivity contribution in [3.05, 3.63) is 21.9 Å². The summed E-state index contributed by atoms with van der Waals surface area (Å²) < 4.78 is 11.4. The third-order valence-corrected chi connectivity index (χ3v) is 3.57. The molecule has 1 aliphatic heterocycles. The van der Waals surface area contributed by atoms with Crippen molar-refractivity contribution < 1.29 is 9.47 Å². The van der Waals surface area contributed by atoms with Gasteiger partial charge in [0, 0.05) is 6.42 Å². The molecule has 72 valence electrons. The molecule has 0 aliphatic carbocycles. The molecule has 1 saturated heterocycles. The molecule has 0 unspecified atom stereocenters. The Morgan fingerprint density at radius 2 is 2.15 bits per heavy atom. The standard InChI is InChI=1S/C10H14O2S/c1-3-10(11-5-6-12-10)9-8(2)4-7-13-9/h4,7H,3,5-6H2,1-2H3. The molecule has 13 heavy (non-hydrogen) atoms. The average Bonchev–Trinajstić information content (AvgIpc) is 2.73. The Morgan fingerprint density at radius 3 is 2.62 bits per heavy atom. The van der Waals surface area contributed by atoms with E-state index >= 15 is 0 Å². The normalized spacial score (nSPS) is 20.8. The number of ether oxygens (including phenoxy) is 2. The quantitative estimate of drug-likeness (QED) is 0.727. The second-order valence-electron chi connectivity index (χ2n) is 3.24. The van der Waals surface area contributed by atoms with Gasteiger partial charge in [0.05, 0.1) is 18.1 Å². The van der Waals surface area contributed by atoms with Crippen LogP contribution in [0.1, 0.15) is 23.8 Å². The third kappa shape index (κ3) is 1.41. The van der Waals surface area contributed by atoms with Gasteiger partial charge in [0.25, 0.3) is 0 Å².